The normalized spacial score (nSPS) is 17.6. The minimum Gasteiger partial charge on any atom is -0.324 e. The van der Waals surface area contributed by atoms with E-state index in [4.69, 9.17) is 5.84 Å². The number of hydrogen-bond acceptors (Lipinski definition) is 4. The highest BCUT2D eigenvalue weighted by molar-refractivity contribution is 7.26. The molecule has 0 bridgehead atoms. The molecule has 6 aromatic rings. The maximum Gasteiger partial charge on any atom is 0.0710 e. The highest BCUT2D eigenvalue weighted by Gasteiger charge is 2.16. The van der Waals surface area contributed by atoms with Crippen LogP contribution in [0.2, 0.25) is 0 Å². The van der Waals surface area contributed by atoms with Crippen LogP contribution in [0.5, 0.6) is 0 Å². The van der Waals surface area contributed by atoms with Crippen molar-refractivity contribution >= 4 is 42.8 Å². The topological polar surface area (TPSA) is 41.3 Å². The molecule has 0 aliphatic carbocycles. The highest BCUT2D eigenvalue weighted by Crippen LogP contribution is 2.43. The number of hydrazine groups is 1. The van der Waals surface area contributed by atoms with E-state index in [0.717, 1.165) is 39.1 Å². The third-order valence-corrected chi connectivity index (χ3v) is 9.82. The number of anilines is 1. The fourth-order valence-electron chi connectivity index (χ4n) is 6.09. The van der Waals surface area contributed by atoms with Crippen molar-refractivity contribution in [3.8, 4) is 11.1 Å². The fourth-order valence-corrected chi connectivity index (χ4v) is 7.46. The quantitative estimate of drug-likeness (QED) is 0.143. The SMILES string of the molecule is C=C1/C=C\C=C/N(c2cccc(C(NN)c3ccccc3)c2)/C=C\C(c2cccc3c2sc2c(-c4ccccc4)cccc23)=C/C1=C. The molecule has 1 unspecified atom stereocenters. The zero-order valence-electron chi connectivity index (χ0n) is 26.0. The first-order valence-corrected chi connectivity index (χ1v) is 16.4. The van der Waals surface area contributed by atoms with Crippen LogP contribution in [0.3, 0.4) is 0 Å². The summed E-state index contributed by atoms with van der Waals surface area (Å²) in [5.41, 5.74) is 12.6. The molecule has 0 saturated heterocycles. The Hall–Kier alpha value is -5.52. The van der Waals surface area contributed by atoms with Crippen LogP contribution >= 0.6 is 11.3 Å². The van der Waals surface area contributed by atoms with Gasteiger partial charge in [0.05, 0.1) is 6.04 Å². The zero-order chi connectivity index (χ0) is 32.2. The molecule has 1 aliphatic rings. The van der Waals surface area contributed by atoms with Crippen LogP contribution in [0, 0.1) is 0 Å². The summed E-state index contributed by atoms with van der Waals surface area (Å²) in [5, 5.41) is 2.52. The van der Waals surface area contributed by atoms with E-state index in [1.54, 1.807) is 0 Å². The summed E-state index contributed by atoms with van der Waals surface area (Å²) in [6.45, 7) is 8.68. The van der Waals surface area contributed by atoms with E-state index in [9.17, 15) is 0 Å². The molecule has 0 spiro atoms. The molecule has 7 rings (SSSR count). The van der Waals surface area contributed by atoms with Gasteiger partial charge in [-0.25, -0.2) is 5.43 Å². The summed E-state index contributed by atoms with van der Waals surface area (Å²) >= 11 is 1.85. The average Bonchev–Trinajstić information content (AvgIpc) is 3.50. The van der Waals surface area contributed by atoms with Crippen LogP contribution in [0.25, 0.3) is 36.9 Å². The fraction of sp³-hybridized carbons (Fsp3) is 0.0233. The summed E-state index contributed by atoms with van der Waals surface area (Å²) in [5.74, 6) is 6.07. The molecule has 1 aliphatic heterocycles. The van der Waals surface area contributed by atoms with Gasteiger partial charge in [-0.3, -0.25) is 5.84 Å². The van der Waals surface area contributed by atoms with Gasteiger partial charge in [0, 0.05) is 38.3 Å². The summed E-state index contributed by atoms with van der Waals surface area (Å²) in [6.07, 6.45) is 14.5. The summed E-state index contributed by atoms with van der Waals surface area (Å²) in [4.78, 5) is 2.13. The van der Waals surface area contributed by atoms with Crippen LogP contribution in [0.15, 0.2) is 188 Å². The van der Waals surface area contributed by atoms with Crippen LogP contribution < -0.4 is 16.2 Å². The van der Waals surface area contributed by atoms with E-state index < -0.39 is 0 Å². The monoisotopic (exact) mass is 625 g/mol. The minimum absolute atomic E-state index is 0.138. The molecule has 0 amide bonds. The summed E-state index contributed by atoms with van der Waals surface area (Å²) in [7, 11) is 0. The molecule has 0 radical (unpaired) electrons. The van der Waals surface area contributed by atoms with Gasteiger partial charge in [0.15, 0.2) is 0 Å². The van der Waals surface area contributed by atoms with Crippen LogP contribution in [-0.4, -0.2) is 0 Å². The standard InChI is InChI=1S/C43H35N3S/c1-30-14-9-10-26-46(36-20-11-19-35(29-36)41(45-44)33-17-7-4-8-18-33)27-25-34(28-31(30)2)38-22-13-24-40-39-23-12-21-37(42(39)47-43(38)40)32-15-5-3-6-16-32/h3-29,41,45H,1-2,44H2/b14-9-,26-10-,27-25-,34-28+. The number of nitrogens with two attached hydrogens (primary N) is 1. The first kappa shape index (κ1) is 30.2. The van der Waals surface area contributed by atoms with E-state index in [2.05, 4.69) is 151 Å². The average molecular weight is 626 g/mol. The zero-order valence-corrected chi connectivity index (χ0v) is 26.8. The first-order chi connectivity index (χ1) is 23.1. The maximum atomic E-state index is 6.07. The van der Waals surface area contributed by atoms with Gasteiger partial charge in [-0.1, -0.05) is 135 Å². The number of nitrogens with zero attached hydrogens (tertiary/aromatic N) is 1. The Morgan fingerprint density at radius 2 is 1.28 bits per heavy atom. The van der Waals surface area contributed by atoms with Crippen molar-refractivity contribution in [3.05, 3.63) is 205 Å². The lowest BCUT2D eigenvalue weighted by molar-refractivity contribution is 0.637. The second-order valence-electron chi connectivity index (χ2n) is 11.5. The largest absolute Gasteiger partial charge is 0.324 e. The number of thiophene rings is 1. The smallest absolute Gasteiger partial charge is 0.0710 e. The number of benzene rings is 5. The Labute approximate surface area is 280 Å². The Morgan fingerprint density at radius 1 is 0.617 bits per heavy atom. The van der Waals surface area contributed by atoms with Gasteiger partial charge in [0.25, 0.3) is 0 Å². The van der Waals surface area contributed by atoms with Crippen molar-refractivity contribution in [1.82, 2.24) is 5.43 Å². The number of nitrogens with one attached hydrogen (secondary N) is 1. The van der Waals surface area contributed by atoms with E-state index in [-0.39, 0.29) is 6.04 Å². The van der Waals surface area contributed by atoms with E-state index in [1.807, 2.05) is 47.8 Å². The Morgan fingerprint density at radius 3 is 2.02 bits per heavy atom. The number of fused-ring (bicyclic) bond motifs is 3. The molecule has 1 aromatic heterocycles. The van der Waals surface area contributed by atoms with Crippen molar-refractivity contribution in [1.29, 1.82) is 0 Å². The molecular formula is C43H35N3S. The van der Waals surface area contributed by atoms with Gasteiger partial charge in [-0.05, 0) is 74.9 Å². The van der Waals surface area contributed by atoms with Gasteiger partial charge in [-0.2, -0.15) is 0 Å². The van der Waals surface area contributed by atoms with Crippen LogP contribution in [0.1, 0.15) is 22.7 Å². The van der Waals surface area contributed by atoms with Crippen molar-refractivity contribution in [3.63, 3.8) is 0 Å². The highest BCUT2D eigenvalue weighted by atomic mass is 32.1. The van der Waals surface area contributed by atoms with Crippen molar-refractivity contribution < 1.29 is 0 Å². The lowest BCUT2D eigenvalue weighted by Gasteiger charge is -2.21. The second-order valence-corrected chi connectivity index (χ2v) is 12.5. The molecular weight excluding hydrogens is 591 g/mol. The number of hydrogen-bond donors (Lipinski definition) is 2. The second kappa shape index (κ2) is 13.5. The van der Waals surface area contributed by atoms with Gasteiger partial charge >= 0.3 is 0 Å². The predicted octanol–water partition coefficient (Wildman–Crippen LogP) is 10.9. The van der Waals surface area contributed by atoms with Crippen molar-refractivity contribution in [2.24, 2.45) is 5.84 Å². The molecule has 3 nitrogen and oxygen atoms in total. The van der Waals surface area contributed by atoms with Crippen LogP contribution in [0.4, 0.5) is 5.69 Å². The summed E-state index contributed by atoms with van der Waals surface area (Å²) < 4.78 is 2.53. The first-order valence-electron chi connectivity index (χ1n) is 15.6. The number of allylic oxidation sites excluding steroid dienone is 8. The molecule has 3 N–H and O–H groups in total. The van der Waals surface area contributed by atoms with Crippen molar-refractivity contribution in [2.75, 3.05) is 4.90 Å². The molecule has 2 heterocycles. The molecule has 228 valence electrons. The van der Waals surface area contributed by atoms with Gasteiger partial charge in [0.2, 0.25) is 0 Å². The van der Waals surface area contributed by atoms with Gasteiger partial charge in [0.1, 0.15) is 0 Å². The van der Waals surface area contributed by atoms with E-state index >= 15 is 0 Å². The molecule has 0 fully saturated rings. The molecule has 47 heavy (non-hydrogen) atoms. The lowest BCUT2D eigenvalue weighted by Crippen LogP contribution is -2.28. The van der Waals surface area contributed by atoms with E-state index in [0.29, 0.717) is 0 Å². The Kier molecular flexibility index (Phi) is 8.63. The maximum absolute atomic E-state index is 6.07. The van der Waals surface area contributed by atoms with Gasteiger partial charge < -0.3 is 4.90 Å². The molecule has 1 atom stereocenters. The third kappa shape index (κ3) is 6.18. The molecule has 4 heteroatoms. The van der Waals surface area contributed by atoms with Crippen LogP contribution in [-0.2, 0) is 0 Å². The van der Waals surface area contributed by atoms with Gasteiger partial charge in [-0.15, -0.1) is 11.3 Å². The van der Waals surface area contributed by atoms with Crippen molar-refractivity contribution in [2.45, 2.75) is 6.04 Å². The lowest BCUT2D eigenvalue weighted by atomic mass is 9.97. The van der Waals surface area contributed by atoms with E-state index in [1.165, 1.54) is 31.3 Å². The third-order valence-electron chi connectivity index (χ3n) is 8.53. The Bertz CT molecular complexity index is 2220. The molecule has 5 aromatic carbocycles. The number of rotatable bonds is 6. The Balaban J connectivity index is 1.34. The molecule has 0 saturated carbocycles. The predicted molar refractivity (Wildman–Crippen MR) is 203 cm³/mol. The summed E-state index contributed by atoms with van der Waals surface area (Å²) in [6, 6.07) is 42.4. The minimum atomic E-state index is -0.138.